The van der Waals surface area contributed by atoms with Crippen molar-refractivity contribution in [3.8, 4) is 5.75 Å². The molecule has 0 spiro atoms. The Hall–Kier alpha value is -1.59. The van der Waals surface area contributed by atoms with Crippen molar-refractivity contribution in [3.05, 3.63) is 23.8 Å². The van der Waals surface area contributed by atoms with Crippen LogP contribution in [0.5, 0.6) is 5.75 Å². The molecule has 0 aromatic heterocycles. The highest BCUT2D eigenvalue weighted by Gasteiger charge is 2.26. The fraction of sp³-hybridized carbons (Fsp3) is 0.462. The number of hydrogen-bond donors (Lipinski definition) is 3. The lowest BCUT2D eigenvalue weighted by Crippen LogP contribution is -2.36. The zero-order valence-corrected chi connectivity index (χ0v) is 10.6. The molecule has 1 heterocycles. The predicted molar refractivity (Wildman–Crippen MR) is 68.4 cm³/mol. The number of anilines is 1. The summed E-state index contributed by atoms with van der Waals surface area (Å²) in [5.41, 5.74) is 6.99. The van der Waals surface area contributed by atoms with Gasteiger partial charge < -0.3 is 20.9 Å². The van der Waals surface area contributed by atoms with Crippen molar-refractivity contribution in [3.63, 3.8) is 0 Å². The van der Waals surface area contributed by atoms with Crippen LogP contribution in [0, 0.1) is 0 Å². The number of nitrogens with one attached hydrogen (secondary N) is 1. The van der Waals surface area contributed by atoms with Crippen LogP contribution in [0.4, 0.5) is 5.69 Å². The molecule has 1 aromatic carbocycles. The number of rotatable bonds is 3. The largest absolute Gasteiger partial charge is 0.479 e. The zero-order chi connectivity index (χ0) is 13.3. The van der Waals surface area contributed by atoms with Crippen LogP contribution in [0.15, 0.2) is 18.2 Å². The van der Waals surface area contributed by atoms with E-state index in [1.165, 1.54) is 0 Å². The lowest BCUT2D eigenvalue weighted by Gasteiger charge is -2.28. The van der Waals surface area contributed by atoms with Gasteiger partial charge in [0.2, 0.25) is 0 Å². The molecule has 18 heavy (non-hydrogen) atoms. The molecule has 1 aromatic rings. The lowest BCUT2D eigenvalue weighted by atomic mass is 9.89. The van der Waals surface area contributed by atoms with E-state index in [0.717, 1.165) is 5.56 Å². The Kier molecular flexibility index (Phi) is 3.28. The molecular weight excluding hydrogens is 232 g/mol. The second kappa shape index (κ2) is 4.59. The normalized spacial score (nSPS) is 21.6. The maximum absolute atomic E-state index is 11.5. The van der Waals surface area contributed by atoms with Crippen LogP contribution in [0.2, 0.25) is 0 Å². The first-order valence-electron chi connectivity index (χ1n) is 5.96. The third-order valence-electron chi connectivity index (χ3n) is 3.20. The molecule has 0 bridgehead atoms. The summed E-state index contributed by atoms with van der Waals surface area (Å²) in [4.78, 5) is 11.5. The molecule has 0 saturated carbocycles. The van der Waals surface area contributed by atoms with Crippen LogP contribution in [0.3, 0.4) is 0 Å². The van der Waals surface area contributed by atoms with Gasteiger partial charge in [0, 0.05) is 12.1 Å². The molecule has 1 amide bonds. The number of benzene rings is 1. The predicted octanol–water partition coefficient (Wildman–Crippen LogP) is 0.962. The Labute approximate surface area is 106 Å². The average molecular weight is 250 g/mol. The van der Waals surface area contributed by atoms with Gasteiger partial charge in [0.1, 0.15) is 5.75 Å². The van der Waals surface area contributed by atoms with Gasteiger partial charge in [-0.3, -0.25) is 4.79 Å². The van der Waals surface area contributed by atoms with E-state index in [4.69, 9.17) is 15.6 Å². The third kappa shape index (κ3) is 2.32. The zero-order valence-electron chi connectivity index (χ0n) is 10.6. The first-order valence-corrected chi connectivity index (χ1v) is 5.96. The minimum absolute atomic E-state index is 0.0178. The monoisotopic (exact) mass is 250 g/mol. The summed E-state index contributed by atoms with van der Waals surface area (Å²) in [5, 5.41) is 11.8. The fourth-order valence-electron chi connectivity index (χ4n) is 1.94. The average Bonchev–Trinajstić information content (AvgIpc) is 2.30. The molecule has 1 aliphatic heterocycles. The Morgan fingerprint density at radius 2 is 2.28 bits per heavy atom. The lowest BCUT2D eigenvalue weighted by molar-refractivity contribution is -0.122. The Morgan fingerprint density at radius 1 is 1.56 bits per heavy atom. The number of ether oxygens (including phenoxy) is 1. The van der Waals surface area contributed by atoms with Crippen molar-refractivity contribution < 1.29 is 14.6 Å². The maximum Gasteiger partial charge on any atom is 0.265 e. The van der Waals surface area contributed by atoms with E-state index in [1.807, 2.05) is 13.0 Å². The number of aliphatic hydroxyl groups is 1. The van der Waals surface area contributed by atoms with Gasteiger partial charge in [-0.15, -0.1) is 0 Å². The van der Waals surface area contributed by atoms with Crippen LogP contribution in [-0.4, -0.2) is 23.7 Å². The molecule has 4 N–H and O–H groups in total. The Bertz CT molecular complexity index is 471. The third-order valence-corrected chi connectivity index (χ3v) is 3.20. The van der Waals surface area contributed by atoms with E-state index < -0.39 is 11.6 Å². The van der Waals surface area contributed by atoms with Gasteiger partial charge in [-0.1, -0.05) is 6.07 Å². The van der Waals surface area contributed by atoms with Gasteiger partial charge in [0.25, 0.3) is 5.91 Å². The second-order valence-corrected chi connectivity index (χ2v) is 4.85. The smallest absolute Gasteiger partial charge is 0.265 e. The molecule has 1 aliphatic rings. The van der Waals surface area contributed by atoms with Crippen LogP contribution in [0.25, 0.3) is 0 Å². The number of nitrogens with two attached hydrogens (primary N) is 1. The number of carbonyl (C=O) groups excluding carboxylic acids is 1. The second-order valence-electron chi connectivity index (χ2n) is 4.85. The van der Waals surface area contributed by atoms with Crippen LogP contribution in [-0.2, 0) is 10.3 Å². The highest BCUT2D eigenvalue weighted by atomic mass is 16.5. The summed E-state index contributed by atoms with van der Waals surface area (Å²) in [5.74, 6) is 0.478. The number of carbonyl (C=O) groups is 1. The molecule has 0 fully saturated rings. The number of fused-ring (bicyclic) bond motifs is 1. The topological polar surface area (TPSA) is 84.6 Å². The van der Waals surface area contributed by atoms with Gasteiger partial charge >= 0.3 is 0 Å². The number of hydrogen-bond acceptors (Lipinski definition) is 4. The standard InChI is InChI=1S/C13H18N2O3/c1-8-12(17)15-10-7-9(3-4-11(10)18-8)13(2,14)5-6-16/h3-4,7-8,16H,5-6,14H2,1-2H3,(H,15,17). The van der Waals surface area contributed by atoms with Crippen molar-refractivity contribution in [2.45, 2.75) is 31.9 Å². The van der Waals surface area contributed by atoms with E-state index in [1.54, 1.807) is 19.1 Å². The van der Waals surface area contributed by atoms with Crippen molar-refractivity contribution in [1.82, 2.24) is 0 Å². The van der Waals surface area contributed by atoms with Crippen molar-refractivity contribution in [2.75, 3.05) is 11.9 Å². The Balaban J connectivity index is 2.33. The van der Waals surface area contributed by atoms with E-state index in [9.17, 15) is 4.79 Å². The molecule has 2 rings (SSSR count). The van der Waals surface area contributed by atoms with E-state index in [0.29, 0.717) is 17.9 Å². The van der Waals surface area contributed by atoms with Gasteiger partial charge in [-0.2, -0.15) is 0 Å². The molecule has 0 aliphatic carbocycles. The fourth-order valence-corrected chi connectivity index (χ4v) is 1.94. The van der Waals surface area contributed by atoms with Crippen molar-refractivity contribution >= 4 is 11.6 Å². The van der Waals surface area contributed by atoms with Crippen LogP contribution < -0.4 is 15.8 Å². The van der Waals surface area contributed by atoms with Crippen LogP contribution >= 0.6 is 0 Å². The van der Waals surface area contributed by atoms with E-state index in [2.05, 4.69) is 5.32 Å². The van der Waals surface area contributed by atoms with Crippen molar-refractivity contribution in [1.29, 1.82) is 0 Å². The highest BCUT2D eigenvalue weighted by molar-refractivity contribution is 5.97. The van der Waals surface area contributed by atoms with Gasteiger partial charge in [0.15, 0.2) is 6.10 Å². The minimum Gasteiger partial charge on any atom is -0.479 e. The SMILES string of the molecule is CC1Oc2ccc(C(C)(N)CCO)cc2NC1=O. The molecule has 2 atom stereocenters. The molecule has 0 saturated heterocycles. The Morgan fingerprint density at radius 3 is 2.94 bits per heavy atom. The summed E-state index contributed by atoms with van der Waals surface area (Å²) >= 11 is 0. The maximum atomic E-state index is 11.5. The van der Waals surface area contributed by atoms with Gasteiger partial charge in [-0.25, -0.2) is 0 Å². The highest BCUT2D eigenvalue weighted by Crippen LogP contribution is 2.33. The molecular formula is C13H18N2O3. The molecule has 2 unspecified atom stereocenters. The van der Waals surface area contributed by atoms with Gasteiger partial charge in [-0.05, 0) is 38.0 Å². The number of aliphatic hydroxyl groups excluding tert-OH is 1. The minimum atomic E-state index is -0.627. The summed E-state index contributed by atoms with van der Waals surface area (Å²) in [7, 11) is 0. The molecule has 98 valence electrons. The van der Waals surface area contributed by atoms with E-state index in [-0.39, 0.29) is 12.5 Å². The molecule has 5 nitrogen and oxygen atoms in total. The molecule has 0 radical (unpaired) electrons. The van der Waals surface area contributed by atoms with E-state index >= 15 is 0 Å². The first-order chi connectivity index (χ1) is 8.44. The summed E-state index contributed by atoms with van der Waals surface area (Å²) in [6.07, 6.45) is -0.0261. The molecule has 5 heteroatoms. The van der Waals surface area contributed by atoms with Crippen LogP contribution in [0.1, 0.15) is 25.8 Å². The van der Waals surface area contributed by atoms with Gasteiger partial charge in [0.05, 0.1) is 5.69 Å². The number of amides is 1. The first kappa shape index (κ1) is 12.9. The summed E-state index contributed by atoms with van der Waals surface area (Å²) < 4.78 is 5.47. The summed E-state index contributed by atoms with van der Waals surface area (Å²) in [6.45, 7) is 3.56. The summed E-state index contributed by atoms with van der Waals surface area (Å²) in [6, 6.07) is 5.45. The van der Waals surface area contributed by atoms with Crippen molar-refractivity contribution in [2.24, 2.45) is 5.73 Å². The quantitative estimate of drug-likeness (QED) is 0.746.